The van der Waals surface area contributed by atoms with Gasteiger partial charge in [-0.05, 0) is 13.0 Å². The zero-order chi connectivity index (χ0) is 21.0. The highest BCUT2D eigenvalue weighted by Gasteiger charge is 2.37. The third-order valence-electron chi connectivity index (χ3n) is 3.11. The average molecular weight is 444 g/mol. The molecule has 152 valence electrons. The standard InChI is InChI=1S/C13H18ClN3O8S2/c1-10-4-5-12(17(19)20)11(8-10)9-25-13(18)16(27(3,23)24)15(7-6-14)26(2,21)22/h4-5,8H,6-7,9H2,1-3H3. The minimum Gasteiger partial charge on any atom is -0.443 e. The summed E-state index contributed by atoms with van der Waals surface area (Å²) in [7, 11) is -8.57. The lowest BCUT2D eigenvalue weighted by molar-refractivity contribution is -0.385. The van der Waals surface area contributed by atoms with Gasteiger partial charge in [-0.3, -0.25) is 10.1 Å². The van der Waals surface area contributed by atoms with Gasteiger partial charge in [-0.1, -0.05) is 16.0 Å². The van der Waals surface area contributed by atoms with Crippen LogP contribution >= 0.6 is 11.6 Å². The number of hydrogen-bond acceptors (Lipinski definition) is 8. The summed E-state index contributed by atoms with van der Waals surface area (Å²) in [6, 6.07) is 4.09. The molecule has 0 aliphatic rings. The first-order valence-electron chi connectivity index (χ1n) is 7.23. The Morgan fingerprint density at radius 1 is 1.22 bits per heavy atom. The van der Waals surface area contributed by atoms with Crippen molar-refractivity contribution in [2.45, 2.75) is 13.5 Å². The number of hydrazine groups is 1. The number of rotatable bonds is 8. The van der Waals surface area contributed by atoms with E-state index >= 15 is 0 Å². The Morgan fingerprint density at radius 3 is 2.26 bits per heavy atom. The van der Waals surface area contributed by atoms with Gasteiger partial charge in [-0.25, -0.2) is 21.6 Å². The van der Waals surface area contributed by atoms with Crippen molar-refractivity contribution in [3.63, 3.8) is 0 Å². The fourth-order valence-corrected chi connectivity index (χ4v) is 4.54. The summed E-state index contributed by atoms with van der Waals surface area (Å²) < 4.78 is 52.6. The van der Waals surface area contributed by atoms with E-state index in [4.69, 9.17) is 16.3 Å². The first-order valence-corrected chi connectivity index (χ1v) is 11.5. The summed E-state index contributed by atoms with van der Waals surface area (Å²) in [6.45, 7) is 0.512. The van der Waals surface area contributed by atoms with E-state index in [0.29, 0.717) is 18.1 Å². The Kier molecular flexibility index (Phi) is 7.54. The van der Waals surface area contributed by atoms with Gasteiger partial charge in [0.1, 0.15) is 6.61 Å². The van der Waals surface area contributed by atoms with Crippen LogP contribution in [0, 0.1) is 17.0 Å². The molecule has 1 rings (SSSR count). The predicted octanol–water partition coefficient (Wildman–Crippen LogP) is 1.22. The number of nitrogens with zero attached hydrogens (tertiary/aromatic N) is 3. The molecule has 0 aliphatic carbocycles. The lowest BCUT2D eigenvalue weighted by Gasteiger charge is -2.29. The smallest absolute Gasteiger partial charge is 0.440 e. The van der Waals surface area contributed by atoms with Gasteiger partial charge in [0.2, 0.25) is 10.0 Å². The third kappa shape index (κ3) is 6.30. The summed E-state index contributed by atoms with van der Waals surface area (Å²) in [5.74, 6) is -0.296. The number of ether oxygens (including phenoxy) is 1. The highest BCUT2D eigenvalue weighted by molar-refractivity contribution is 7.91. The first-order chi connectivity index (χ1) is 12.3. The van der Waals surface area contributed by atoms with E-state index in [0.717, 1.165) is 0 Å². The van der Waals surface area contributed by atoms with Crippen molar-refractivity contribution >= 4 is 43.4 Å². The van der Waals surface area contributed by atoms with Crippen molar-refractivity contribution in [1.82, 2.24) is 8.83 Å². The number of alkyl halides is 1. The molecule has 1 amide bonds. The molecule has 14 heteroatoms. The van der Waals surface area contributed by atoms with E-state index in [-0.39, 0.29) is 26.0 Å². The summed E-state index contributed by atoms with van der Waals surface area (Å²) in [5, 5.41) is 11.1. The van der Waals surface area contributed by atoms with Crippen LogP contribution in [0.25, 0.3) is 0 Å². The molecule has 1 aromatic carbocycles. The van der Waals surface area contributed by atoms with Crippen LogP contribution in [0.2, 0.25) is 0 Å². The fourth-order valence-electron chi connectivity index (χ4n) is 2.06. The average Bonchev–Trinajstić information content (AvgIpc) is 2.50. The van der Waals surface area contributed by atoms with Gasteiger partial charge in [0.25, 0.3) is 15.7 Å². The molecule has 11 nitrogen and oxygen atoms in total. The molecule has 0 unspecified atom stereocenters. The maximum absolute atomic E-state index is 12.3. The second kappa shape index (κ2) is 8.82. The van der Waals surface area contributed by atoms with Crippen LogP contribution in [-0.4, -0.2) is 61.6 Å². The van der Waals surface area contributed by atoms with Gasteiger partial charge in [0.15, 0.2) is 0 Å². The van der Waals surface area contributed by atoms with Crippen molar-refractivity contribution in [1.29, 1.82) is 0 Å². The second-order valence-corrected chi connectivity index (χ2v) is 9.53. The Bertz CT molecular complexity index is 933. The van der Waals surface area contributed by atoms with E-state index in [1.54, 1.807) is 6.92 Å². The molecule has 0 spiro atoms. The predicted molar refractivity (Wildman–Crippen MR) is 97.0 cm³/mol. The molecular formula is C13H18ClN3O8S2. The summed E-state index contributed by atoms with van der Waals surface area (Å²) in [5.41, 5.74) is 0.330. The quantitative estimate of drug-likeness (QED) is 0.331. The molecule has 0 saturated heterocycles. The van der Waals surface area contributed by atoms with Crippen LogP contribution < -0.4 is 0 Å². The van der Waals surface area contributed by atoms with Crippen LogP contribution in [0.4, 0.5) is 10.5 Å². The van der Waals surface area contributed by atoms with Crippen molar-refractivity contribution in [3.05, 3.63) is 39.4 Å². The number of halogens is 1. The van der Waals surface area contributed by atoms with Crippen LogP contribution in [0.1, 0.15) is 11.1 Å². The van der Waals surface area contributed by atoms with E-state index < -0.39 is 44.2 Å². The maximum Gasteiger partial charge on any atom is 0.440 e. The number of amides is 1. The topological polar surface area (TPSA) is 144 Å². The summed E-state index contributed by atoms with van der Waals surface area (Å²) >= 11 is 5.49. The van der Waals surface area contributed by atoms with Gasteiger partial charge >= 0.3 is 6.09 Å². The van der Waals surface area contributed by atoms with E-state index in [1.165, 1.54) is 18.2 Å². The SMILES string of the molecule is Cc1ccc([N+](=O)[O-])c(COC(=O)N(N(CCCl)S(C)(=O)=O)S(C)(=O)=O)c1. The molecule has 0 fully saturated rings. The van der Waals surface area contributed by atoms with Crippen LogP contribution in [0.5, 0.6) is 0 Å². The molecule has 0 atom stereocenters. The fraction of sp³-hybridized carbons (Fsp3) is 0.462. The van der Waals surface area contributed by atoms with Crippen LogP contribution in [0.15, 0.2) is 18.2 Å². The lowest BCUT2D eigenvalue weighted by atomic mass is 10.1. The molecule has 27 heavy (non-hydrogen) atoms. The number of nitro groups is 1. The first kappa shape index (κ1) is 23.1. The van der Waals surface area contributed by atoms with Gasteiger partial charge < -0.3 is 4.74 Å². The monoisotopic (exact) mass is 443 g/mol. The molecular weight excluding hydrogens is 426 g/mol. The number of carbonyl (C=O) groups excluding carboxylic acids is 1. The number of benzene rings is 1. The Labute approximate surface area is 161 Å². The Morgan fingerprint density at radius 2 is 1.81 bits per heavy atom. The van der Waals surface area contributed by atoms with Gasteiger partial charge in [0.05, 0.1) is 23.0 Å². The molecule has 0 radical (unpaired) electrons. The van der Waals surface area contributed by atoms with E-state index in [1.807, 2.05) is 0 Å². The minimum atomic E-state index is -4.39. The molecule has 0 saturated carbocycles. The van der Waals surface area contributed by atoms with Crippen LogP contribution in [0.3, 0.4) is 0 Å². The third-order valence-corrected chi connectivity index (χ3v) is 5.47. The molecule has 0 heterocycles. The molecule has 0 N–H and O–H groups in total. The van der Waals surface area contributed by atoms with Gasteiger partial charge in [-0.15, -0.1) is 16.0 Å². The van der Waals surface area contributed by atoms with E-state index in [9.17, 15) is 31.7 Å². The Hall–Kier alpha value is -1.96. The lowest BCUT2D eigenvalue weighted by Crippen LogP contribution is -2.52. The normalized spacial score (nSPS) is 12.0. The molecule has 0 bridgehead atoms. The number of aryl methyl sites for hydroxylation is 1. The summed E-state index contributed by atoms with van der Waals surface area (Å²) in [6.07, 6.45) is -0.240. The second-order valence-electron chi connectivity index (χ2n) is 5.45. The Balaban J connectivity index is 3.20. The molecule has 0 aliphatic heterocycles. The van der Waals surface area contributed by atoms with Crippen LogP contribution in [-0.2, 0) is 31.4 Å². The van der Waals surface area contributed by atoms with E-state index in [2.05, 4.69) is 0 Å². The minimum absolute atomic E-state index is 0.0186. The molecule has 1 aromatic rings. The maximum atomic E-state index is 12.3. The van der Waals surface area contributed by atoms with Gasteiger partial charge in [0, 0.05) is 18.5 Å². The zero-order valence-electron chi connectivity index (χ0n) is 14.7. The highest BCUT2D eigenvalue weighted by atomic mass is 35.5. The van der Waals surface area contributed by atoms with Gasteiger partial charge in [-0.2, -0.15) is 0 Å². The molecule has 0 aromatic heterocycles. The number of hydrogen-bond donors (Lipinski definition) is 0. The zero-order valence-corrected chi connectivity index (χ0v) is 17.0. The van der Waals surface area contributed by atoms with Crippen molar-refractivity contribution in [3.8, 4) is 0 Å². The highest BCUT2D eigenvalue weighted by Crippen LogP contribution is 2.22. The number of sulfonamides is 2. The van der Waals surface area contributed by atoms with Crippen molar-refractivity contribution < 1.29 is 31.3 Å². The summed E-state index contributed by atoms with van der Waals surface area (Å²) in [4.78, 5) is 22.7. The van der Waals surface area contributed by atoms with Crippen molar-refractivity contribution in [2.75, 3.05) is 24.9 Å². The number of carbonyl (C=O) groups is 1. The number of nitro benzene ring substituents is 1. The largest absolute Gasteiger partial charge is 0.443 e. The van der Waals surface area contributed by atoms with Crippen molar-refractivity contribution in [2.24, 2.45) is 0 Å².